The summed E-state index contributed by atoms with van der Waals surface area (Å²) < 4.78 is 47.6. The highest BCUT2D eigenvalue weighted by Gasteiger charge is 2.41. The highest BCUT2D eigenvalue weighted by atomic mass is 19.1. The molecule has 3 aromatic rings. The monoisotopic (exact) mass is 543 g/mol. The molecule has 3 N–H and O–H groups in total. The van der Waals surface area contributed by atoms with Crippen molar-refractivity contribution in [1.82, 2.24) is 15.2 Å². The number of hydrogen-bond acceptors (Lipinski definition) is 4. The summed E-state index contributed by atoms with van der Waals surface area (Å²) in [4.78, 5) is 29.7. The molecule has 0 bridgehead atoms. The van der Waals surface area contributed by atoms with Gasteiger partial charge in [0, 0.05) is 24.4 Å². The molecule has 0 radical (unpaired) electrons. The Kier molecular flexibility index (Phi) is 7.57. The minimum absolute atomic E-state index is 0.0160. The Bertz CT molecular complexity index is 1370. The van der Waals surface area contributed by atoms with Crippen LogP contribution in [-0.4, -0.2) is 58.8 Å². The lowest BCUT2D eigenvalue weighted by Crippen LogP contribution is -2.48. The predicted molar refractivity (Wildman–Crippen MR) is 139 cm³/mol. The Morgan fingerprint density at radius 3 is 2.51 bits per heavy atom. The number of H-pyrrole nitrogens is 1. The molecule has 5 rings (SSSR count). The minimum Gasteiger partial charge on any atom is -0.449 e. The van der Waals surface area contributed by atoms with Gasteiger partial charge in [-0.05, 0) is 72.1 Å². The maximum absolute atomic E-state index is 14.6. The van der Waals surface area contributed by atoms with E-state index in [1.807, 2.05) is 13.8 Å². The van der Waals surface area contributed by atoms with Crippen LogP contribution in [0, 0.1) is 29.3 Å². The summed E-state index contributed by atoms with van der Waals surface area (Å²) in [5, 5.41) is 13.4. The van der Waals surface area contributed by atoms with E-state index in [2.05, 4.69) is 10.3 Å². The Balaban J connectivity index is 1.26. The average Bonchev–Trinajstić information content (AvgIpc) is 3.43. The lowest BCUT2D eigenvalue weighted by molar-refractivity contribution is -0.125. The number of ether oxygens (including phenoxy) is 1. The third kappa shape index (κ3) is 5.61. The van der Waals surface area contributed by atoms with Gasteiger partial charge in [-0.15, -0.1) is 0 Å². The van der Waals surface area contributed by atoms with E-state index < -0.39 is 35.7 Å². The fourth-order valence-electron chi connectivity index (χ4n) is 5.59. The van der Waals surface area contributed by atoms with E-state index in [0.717, 1.165) is 11.6 Å². The zero-order valence-corrected chi connectivity index (χ0v) is 21.8. The zero-order chi connectivity index (χ0) is 27.8. The molecular weight excluding hydrogens is 511 g/mol. The Morgan fingerprint density at radius 2 is 1.82 bits per heavy atom. The van der Waals surface area contributed by atoms with E-state index in [-0.39, 0.29) is 48.8 Å². The normalized spacial score (nSPS) is 22.8. The van der Waals surface area contributed by atoms with Crippen molar-refractivity contribution in [3.8, 4) is 11.3 Å². The number of aromatic amines is 1. The van der Waals surface area contributed by atoms with Gasteiger partial charge in [-0.2, -0.15) is 0 Å². The SMILES string of the molecule is CC(C)COC(=O)N1C[C@H](O)C[C@@H]1C(=O)NC[C@H]1C[C@H](c2c(-c3ccc(F)cc3)[nH]c3c(F)cc(F)cc32)C1. The van der Waals surface area contributed by atoms with Crippen molar-refractivity contribution in [2.75, 3.05) is 19.7 Å². The lowest BCUT2D eigenvalue weighted by atomic mass is 9.70. The molecule has 2 heterocycles. The van der Waals surface area contributed by atoms with Gasteiger partial charge in [0.05, 0.1) is 30.5 Å². The van der Waals surface area contributed by atoms with E-state index >= 15 is 0 Å². The van der Waals surface area contributed by atoms with Gasteiger partial charge in [0.15, 0.2) is 0 Å². The first-order chi connectivity index (χ1) is 18.6. The highest BCUT2D eigenvalue weighted by molar-refractivity contribution is 5.92. The second-order valence-electron chi connectivity index (χ2n) is 11.0. The molecule has 0 spiro atoms. The maximum Gasteiger partial charge on any atom is 0.410 e. The largest absolute Gasteiger partial charge is 0.449 e. The predicted octanol–water partition coefficient (Wildman–Crippen LogP) is 5.09. The summed E-state index contributed by atoms with van der Waals surface area (Å²) in [5.74, 6) is -1.86. The number of benzene rings is 2. The Hall–Kier alpha value is -3.53. The fraction of sp³-hybridized carbons (Fsp3) is 0.448. The number of nitrogens with zero attached hydrogens (tertiary/aromatic N) is 1. The fourth-order valence-corrected chi connectivity index (χ4v) is 5.59. The molecule has 1 aromatic heterocycles. The second kappa shape index (κ2) is 10.9. The first-order valence-electron chi connectivity index (χ1n) is 13.3. The number of rotatable bonds is 7. The number of hydrogen-bond donors (Lipinski definition) is 3. The van der Waals surface area contributed by atoms with Crippen LogP contribution in [-0.2, 0) is 9.53 Å². The molecule has 208 valence electrons. The maximum atomic E-state index is 14.6. The smallest absolute Gasteiger partial charge is 0.410 e. The van der Waals surface area contributed by atoms with E-state index in [1.165, 1.54) is 23.1 Å². The number of amides is 2. The quantitative estimate of drug-likeness (QED) is 0.387. The molecule has 1 aliphatic heterocycles. The topological polar surface area (TPSA) is 94.7 Å². The molecular formula is C29H32F3N3O4. The van der Waals surface area contributed by atoms with Crippen molar-refractivity contribution < 1.29 is 32.6 Å². The number of aliphatic hydroxyl groups excluding tert-OH is 1. The van der Waals surface area contributed by atoms with Crippen molar-refractivity contribution in [2.24, 2.45) is 11.8 Å². The highest BCUT2D eigenvalue weighted by Crippen LogP contribution is 2.48. The molecule has 1 saturated heterocycles. The summed E-state index contributed by atoms with van der Waals surface area (Å²) in [6.45, 7) is 4.46. The summed E-state index contributed by atoms with van der Waals surface area (Å²) in [6, 6.07) is 7.18. The van der Waals surface area contributed by atoms with Crippen molar-refractivity contribution in [2.45, 2.75) is 51.2 Å². The van der Waals surface area contributed by atoms with Crippen molar-refractivity contribution >= 4 is 22.9 Å². The minimum atomic E-state index is -0.805. The van der Waals surface area contributed by atoms with Gasteiger partial charge in [0.1, 0.15) is 23.5 Å². The van der Waals surface area contributed by atoms with Crippen LogP contribution in [0.1, 0.15) is 44.6 Å². The number of aromatic nitrogens is 1. The van der Waals surface area contributed by atoms with Crippen molar-refractivity contribution in [3.63, 3.8) is 0 Å². The van der Waals surface area contributed by atoms with Gasteiger partial charge < -0.3 is 20.1 Å². The van der Waals surface area contributed by atoms with Gasteiger partial charge in [-0.3, -0.25) is 9.69 Å². The van der Waals surface area contributed by atoms with Crippen LogP contribution in [0.5, 0.6) is 0 Å². The average molecular weight is 544 g/mol. The van der Waals surface area contributed by atoms with Crippen LogP contribution in [0.2, 0.25) is 0 Å². The zero-order valence-electron chi connectivity index (χ0n) is 21.8. The summed E-state index contributed by atoms with van der Waals surface area (Å²) in [5.41, 5.74) is 2.27. The van der Waals surface area contributed by atoms with E-state index in [1.54, 1.807) is 12.1 Å². The van der Waals surface area contributed by atoms with Crippen molar-refractivity contribution in [1.29, 1.82) is 0 Å². The Labute approximate surface area is 224 Å². The van der Waals surface area contributed by atoms with Gasteiger partial charge >= 0.3 is 6.09 Å². The van der Waals surface area contributed by atoms with Crippen LogP contribution >= 0.6 is 0 Å². The lowest BCUT2D eigenvalue weighted by Gasteiger charge is -2.36. The van der Waals surface area contributed by atoms with Crippen LogP contribution in [0.15, 0.2) is 36.4 Å². The molecule has 2 atom stereocenters. The molecule has 0 unspecified atom stereocenters. The molecule has 10 heteroatoms. The molecule has 1 aliphatic carbocycles. The van der Waals surface area contributed by atoms with Gasteiger partial charge in [-0.1, -0.05) is 13.8 Å². The molecule has 39 heavy (non-hydrogen) atoms. The summed E-state index contributed by atoms with van der Waals surface area (Å²) in [7, 11) is 0. The van der Waals surface area contributed by atoms with Crippen LogP contribution in [0.3, 0.4) is 0 Å². The summed E-state index contributed by atoms with van der Waals surface area (Å²) in [6.07, 6.45) is 0.0767. The van der Waals surface area contributed by atoms with Crippen molar-refractivity contribution in [3.05, 3.63) is 59.4 Å². The molecule has 2 fully saturated rings. The van der Waals surface area contributed by atoms with Crippen LogP contribution < -0.4 is 5.32 Å². The number of β-amino-alcohol motifs (C(OH)–C–C–N with tert-alkyl or cyclic N) is 1. The number of fused-ring (bicyclic) bond motifs is 1. The molecule has 2 aliphatic rings. The molecule has 1 saturated carbocycles. The third-order valence-corrected chi connectivity index (χ3v) is 7.56. The summed E-state index contributed by atoms with van der Waals surface area (Å²) >= 11 is 0. The first-order valence-corrected chi connectivity index (χ1v) is 13.3. The first kappa shape index (κ1) is 27.1. The number of carbonyl (C=O) groups excluding carboxylic acids is 2. The number of carbonyl (C=O) groups is 2. The standard InChI is InChI=1S/C29H32F3N3O4/c1-15(2)14-39-29(38)35-13-21(36)11-24(35)28(37)33-12-16-7-18(8-16)25-22-9-20(31)10-23(32)27(22)34-26(25)17-3-5-19(30)6-4-17/h3-6,9-10,15-16,18,21,24,34,36H,7-8,11-14H2,1-2H3,(H,33,37)/t16-,18-,21-,24-/m1/s1. The molecule has 7 nitrogen and oxygen atoms in total. The van der Waals surface area contributed by atoms with E-state index in [0.29, 0.717) is 36.0 Å². The van der Waals surface area contributed by atoms with Gasteiger partial charge in [0.25, 0.3) is 0 Å². The molecule has 2 aromatic carbocycles. The van der Waals surface area contributed by atoms with Crippen LogP contribution in [0.4, 0.5) is 18.0 Å². The Morgan fingerprint density at radius 1 is 1.10 bits per heavy atom. The number of nitrogens with one attached hydrogen (secondary N) is 2. The number of aliphatic hydroxyl groups is 1. The number of halogens is 3. The number of likely N-dealkylation sites (tertiary alicyclic amines) is 1. The second-order valence-corrected chi connectivity index (χ2v) is 11.0. The molecule has 2 amide bonds. The van der Waals surface area contributed by atoms with Crippen LogP contribution in [0.25, 0.3) is 22.2 Å². The van der Waals surface area contributed by atoms with Gasteiger partial charge in [-0.25, -0.2) is 18.0 Å². The van der Waals surface area contributed by atoms with E-state index in [4.69, 9.17) is 4.74 Å². The van der Waals surface area contributed by atoms with E-state index in [9.17, 15) is 27.9 Å². The third-order valence-electron chi connectivity index (χ3n) is 7.56. The van der Waals surface area contributed by atoms with Gasteiger partial charge in [0.2, 0.25) is 5.91 Å².